The summed E-state index contributed by atoms with van der Waals surface area (Å²) in [6.45, 7) is 5.14. The highest BCUT2D eigenvalue weighted by Crippen LogP contribution is 2.25. The molecule has 0 unspecified atom stereocenters. The van der Waals surface area contributed by atoms with Crippen molar-refractivity contribution in [2.45, 2.75) is 77.0 Å². The van der Waals surface area contributed by atoms with Gasteiger partial charge in [0.2, 0.25) is 23.6 Å². The van der Waals surface area contributed by atoms with Crippen molar-refractivity contribution in [3.63, 3.8) is 0 Å². The summed E-state index contributed by atoms with van der Waals surface area (Å²) in [5.74, 6) is 1.31. The lowest BCUT2D eigenvalue weighted by Crippen LogP contribution is -2.49. The van der Waals surface area contributed by atoms with Crippen molar-refractivity contribution in [2.75, 3.05) is 25.1 Å². The quantitative estimate of drug-likeness (QED) is 0.455. The van der Waals surface area contributed by atoms with Crippen LogP contribution in [0.3, 0.4) is 0 Å². The molecule has 1 saturated heterocycles. The first kappa shape index (κ1) is 30.5. The summed E-state index contributed by atoms with van der Waals surface area (Å²) in [5, 5.41) is 13.8. The van der Waals surface area contributed by atoms with Crippen LogP contribution in [0.2, 0.25) is 0 Å². The Bertz CT molecular complexity index is 1220. The number of amides is 4. The van der Waals surface area contributed by atoms with Gasteiger partial charge in [0.15, 0.2) is 11.6 Å². The van der Waals surface area contributed by atoms with E-state index in [1.807, 2.05) is 50.4 Å². The predicted molar refractivity (Wildman–Crippen MR) is 158 cm³/mol. The maximum Gasteiger partial charge on any atom is 0.243 e. The van der Waals surface area contributed by atoms with Crippen LogP contribution in [0.15, 0.2) is 30.3 Å². The van der Waals surface area contributed by atoms with E-state index in [9.17, 15) is 19.2 Å². The third-order valence-corrected chi connectivity index (χ3v) is 8.15. The van der Waals surface area contributed by atoms with Crippen LogP contribution in [-0.4, -0.2) is 80.5 Å². The number of nitrogens with one attached hydrogen (secondary N) is 3. The molecule has 2 aromatic rings. The van der Waals surface area contributed by atoms with Crippen LogP contribution >= 0.6 is 11.8 Å². The van der Waals surface area contributed by atoms with Crippen molar-refractivity contribution >= 4 is 35.4 Å². The first-order chi connectivity index (χ1) is 19.7. The molecule has 41 heavy (non-hydrogen) atoms. The number of benzene rings is 1. The van der Waals surface area contributed by atoms with E-state index in [0.717, 1.165) is 11.3 Å². The van der Waals surface area contributed by atoms with E-state index in [4.69, 9.17) is 10.1 Å². The van der Waals surface area contributed by atoms with Crippen molar-refractivity contribution in [1.29, 1.82) is 0 Å². The van der Waals surface area contributed by atoms with Crippen molar-refractivity contribution in [1.82, 2.24) is 35.6 Å². The van der Waals surface area contributed by atoms with E-state index in [1.165, 1.54) is 0 Å². The number of hydrogen-bond donors (Lipinski definition) is 3. The molecule has 1 aromatic heterocycles. The second kappa shape index (κ2) is 14.5. The van der Waals surface area contributed by atoms with Crippen molar-refractivity contribution < 1.29 is 19.2 Å². The molecule has 2 aliphatic rings. The maximum atomic E-state index is 13.5. The van der Waals surface area contributed by atoms with E-state index < -0.39 is 12.1 Å². The van der Waals surface area contributed by atoms with Crippen molar-refractivity contribution in [2.24, 2.45) is 5.92 Å². The average molecular weight is 584 g/mol. The fourth-order valence-corrected chi connectivity index (χ4v) is 5.66. The number of aromatic nitrogens is 3. The van der Waals surface area contributed by atoms with Gasteiger partial charge in [-0.15, -0.1) is 0 Å². The maximum absolute atomic E-state index is 13.5. The molecule has 1 fully saturated rings. The molecule has 0 aliphatic carbocycles. The molecule has 0 spiro atoms. The lowest BCUT2D eigenvalue weighted by Gasteiger charge is -2.28. The first-order valence-electron chi connectivity index (χ1n) is 14.4. The number of rotatable bonds is 7. The Labute approximate surface area is 245 Å². The number of fused-ring (bicyclic) bond motifs is 1. The average Bonchev–Trinajstić information content (AvgIpc) is 3.56. The fraction of sp³-hybridized carbons (Fsp3) is 0.586. The van der Waals surface area contributed by atoms with Gasteiger partial charge in [0.05, 0.1) is 12.6 Å². The summed E-state index contributed by atoms with van der Waals surface area (Å²) in [5.41, 5.74) is 0.856. The molecule has 0 saturated carbocycles. The van der Waals surface area contributed by atoms with Gasteiger partial charge in [0.1, 0.15) is 6.04 Å². The van der Waals surface area contributed by atoms with E-state index in [0.29, 0.717) is 57.0 Å². The predicted octanol–water partition coefficient (Wildman–Crippen LogP) is 2.29. The smallest absolute Gasteiger partial charge is 0.243 e. The molecular weight excluding hydrogens is 542 g/mol. The molecule has 4 amide bonds. The van der Waals surface area contributed by atoms with E-state index in [-0.39, 0.29) is 48.4 Å². The fourth-order valence-electron chi connectivity index (χ4n) is 5.19. The second-order valence-corrected chi connectivity index (χ2v) is 12.0. The summed E-state index contributed by atoms with van der Waals surface area (Å²) < 4.78 is 1.80. The topological polar surface area (TPSA) is 138 Å². The molecular formula is C29H41N7O4S. The van der Waals surface area contributed by atoms with Gasteiger partial charge in [-0.1, -0.05) is 44.2 Å². The number of hydrogen-bond acceptors (Lipinski definition) is 7. The zero-order chi connectivity index (χ0) is 29.4. The molecule has 3 N–H and O–H groups in total. The Kier molecular flexibility index (Phi) is 10.8. The van der Waals surface area contributed by atoms with Gasteiger partial charge in [-0.05, 0) is 37.2 Å². The molecule has 0 bridgehead atoms. The highest BCUT2D eigenvalue weighted by atomic mass is 32.2. The van der Waals surface area contributed by atoms with Gasteiger partial charge in [-0.3, -0.25) is 19.2 Å². The van der Waals surface area contributed by atoms with Crippen molar-refractivity contribution in [3.05, 3.63) is 36.2 Å². The Morgan fingerprint density at radius 1 is 1.02 bits per heavy atom. The summed E-state index contributed by atoms with van der Waals surface area (Å²) in [6.07, 6.45) is 4.43. The van der Waals surface area contributed by atoms with Crippen LogP contribution in [0.25, 0.3) is 11.4 Å². The molecule has 0 radical (unpaired) electrons. The van der Waals surface area contributed by atoms with Crippen LogP contribution in [-0.2, 0) is 25.7 Å². The number of nitrogens with zero attached hydrogens (tertiary/aromatic N) is 4. The molecule has 4 rings (SSSR count). The normalized spacial score (nSPS) is 22.5. The van der Waals surface area contributed by atoms with Crippen LogP contribution < -0.4 is 16.0 Å². The van der Waals surface area contributed by atoms with Gasteiger partial charge in [-0.25, -0.2) is 9.67 Å². The number of thioether (sulfide) groups is 1. The zero-order valence-corrected chi connectivity index (χ0v) is 24.9. The molecule has 3 atom stereocenters. The third kappa shape index (κ3) is 8.31. The Morgan fingerprint density at radius 3 is 2.46 bits per heavy atom. The van der Waals surface area contributed by atoms with Crippen LogP contribution in [0, 0.1) is 5.92 Å². The summed E-state index contributed by atoms with van der Waals surface area (Å²) in [7, 11) is 0. The monoisotopic (exact) mass is 583 g/mol. The SMILES string of the molecule is CSCC[C@@H]1NC(=O)CCCN(C(=O)C[C@H]2CCC(=O)N2)CCn2nc(-c3ccccc3)nc2[C@@H](C(C)C)NC1=O. The summed E-state index contributed by atoms with van der Waals surface area (Å²) >= 11 is 1.62. The van der Waals surface area contributed by atoms with E-state index in [1.54, 1.807) is 21.3 Å². The molecule has 3 heterocycles. The Hall–Kier alpha value is -3.41. The van der Waals surface area contributed by atoms with Crippen LogP contribution in [0.1, 0.15) is 64.2 Å². The van der Waals surface area contributed by atoms with Crippen LogP contribution in [0.4, 0.5) is 0 Å². The summed E-state index contributed by atoms with van der Waals surface area (Å²) in [4.78, 5) is 58.1. The number of carbonyl (C=O) groups excluding carboxylic acids is 4. The largest absolute Gasteiger partial charge is 0.353 e. The first-order valence-corrected chi connectivity index (χ1v) is 15.8. The standard InChI is InChI=1S/C29H41N7O4S/c1-19(2)26-28-33-27(20-8-5-4-6-9-20)34-36(28)16-15-35(25(39)18-21-11-12-24(38)30-21)14-7-10-23(37)31-22(13-17-41-3)29(40)32-26/h4-6,8-9,19,21-22,26H,7,10-18H2,1-3H3,(H,30,38)(H,31,37)(H,32,40)/t21-,22+,26-/m1/s1. The highest BCUT2D eigenvalue weighted by Gasteiger charge is 2.31. The molecule has 12 heteroatoms. The lowest BCUT2D eigenvalue weighted by atomic mass is 10.0. The van der Waals surface area contributed by atoms with Gasteiger partial charge in [0, 0.05) is 44.0 Å². The molecule has 222 valence electrons. The molecule has 1 aromatic carbocycles. The third-order valence-electron chi connectivity index (χ3n) is 7.51. The van der Waals surface area contributed by atoms with E-state index in [2.05, 4.69) is 16.0 Å². The Morgan fingerprint density at radius 2 is 1.78 bits per heavy atom. The summed E-state index contributed by atoms with van der Waals surface area (Å²) in [6, 6.07) is 8.36. The Balaban J connectivity index is 1.66. The minimum Gasteiger partial charge on any atom is -0.353 e. The second-order valence-electron chi connectivity index (χ2n) is 11.0. The minimum absolute atomic E-state index is 0.0148. The highest BCUT2D eigenvalue weighted by molar-refractivity contribution is 7.98. The van der Waals surface area contributed by atoms with E-state index >= 15 is 0 Å². The van der Waals surface area contributed by atoms with Gasteiger partial charge >= 0.3 is 0 Å². The molecule has 11 nitrogen and oxygen atoms in total. The lowest BCUT2D eigenvalue weighted by molar-refractivity contribution is -0.132. The molecule has 2 aliphatic heterocycles. The van der Waals surface area contributed by atoms with Crippen LogP contribution in [0.5, 0.6) is 0 Å². The zero-order valence-electron chi connectivity index (χ0n) is 24.1. The van der Waals surface area contributed by atoms with Crippen molar-refractivity contribution in [3.8, 4) is 11.4 Å². The van der Waals surface area contributed by atoms with Gasteiger partial charge < -0.3 is 20.9 Å². The van der Waals surface area contributed by atoms with Gasteiger partial charge in [-0.2, -0.15) is 16.9 Å². The number of carbonyl (C=O) groups is 4. The van der Waals surface area contributed by atoms with Gasteiger partial charge in [0.25, 0.3) is 0 Å². The minimum atomic E-state index is -0.673.